The number of ether oxygens (including phenoxy) is 1. The molecule has 1 aliphatic heterocycles. The lowest BCUT2D eigenvalue weighted by atomic mass is 10.0. The van der Waals surface area contributed by atoms with Crippen LogP contribution in [0.1, 0.15) is 26.7 Å². The number of amides is 1. The molecule has 0 aliphatic carbocycles. The first kappa shape index (κ1) is 14.9. The zero-order valence-electron chi connectivity index (χ0n) is 10.6. The molecule has 0 spiro atoms. The van der Waals surface area contributed by atoms with Crippen LogP contribution in [0.15, 0.2) is 0 Å². The molecular weight excluding hydrogens is 258 g/mol. The minimum absolute atomic E-state index is 0.0637. The Balaban J connectivity index is 2.36. The molecule has 0 saturated carbocycles. The van der Waals surface area contributed by atoms with Crippen molar-refractivity contribution in [2.75, 3.05) is 18.1 Å². The Hall–Kier alpha value is -1.11. The van der Waals surface area contributed by atoms with E-state index in [1.165, 1.54) is 0 Å². The van der Waals surface area contributed by atoms with E-state index in [4.69, 9.17) is 4.74 Å². The summed E-state index contributed by atoms with van der Waals surface area (Å²) < 4.78 is 27.2. The van der Waals surface area contributed by atoms with E-state index in [0.717, 1.165) is 0 Å². The quantitative estimate of drug-likeness (QED) is 0.708. The molecule has 18 heavy (non-hydrogen) atoms. The molecule has 104 valence electrons. The molecule has 0 aromatic rings. The van der Waals surface area contributed by atoms with E-state index < -0.39 is 21.8 Å². The first-order valence-electron chi connectivity index (χ1n) is 6.00. The standard InChI is InChI=1S/C11H19NO5S/c1-3-17-11(14)8(2)12-10(13)6-9-4-5-18(15,16)7-9/h8-9H,3-7H2,1-2H3,(H,12,13). The molecule has 6 nitrogen and oxygen atoms in total. The number of nitrogens with one attached hydrogen (secondary N) is 1. The van der Waals surface area contributed by atoms with E-state index in [-0.39, 0.29) is 36.4 Å². The van der Waals surface area contributed by atoms with Gasteiger partial charge in [-0.15, -0.1) is 0 Å². The average Bonchev–Trinajstić information content (AvgIpc) is 2.57. The number of carbonyl (C=O) groups excluding carboxylic acids is 2. The zero-order valence-corrected chi connectivity index (χ0v) is 11.5. The third-order valence-electron chi connectivity index (χ3n) is 2.82. The summed E-state index contributed by atoms with van der Waals surface area (Å²) in [7, 11) is -2.97. The van der Waals surface area contributed by atoms with Gasteiger partial charge < -0.3 is 10.1 Å². The highest BCUT2D eigenvalue weighted by atomic mass is 32.2. The van der Waals surface area contributed by atoms with Gasteiger partial charge in [0, 0.05) is 6.42 Å². The fourth-order valence-corrected chi connectivity index (χ4v) is 3.78. The lowest BCUT2D eigenvalue weighted by Gasteiger charge is -2.14. The van der Waals surface area contributed by atoms with Crippen LogP contribution >= 0.6 is 0 Å². The Labute approximate surface area is 107 Å². The van der Waals surface area contributed by atoms with Gasteiger partial charge in [-0.1, -0.05) is 0 Å². The minimum atomic E-state index is -2.97. The predicted octanol–water partition coefficient (Wildman–Crippen LogP) is -0.121. The van der Waals surface area contributed by atoms with Crippen LogP contribution in [-0.4, -0.2) is 44.4 Å². The fourth-order valence-electron chi connectivity index (χ4n) is 1.92. The van der Waals surface area contributed by atoms with Gasteiger partial charge in [-0.25, -0.2) is 13.2 Å². The number of carbonyl (C=O) groups is 2. The lowest BCUT2D eigenvalue weighted by molar-refractivity contribution is -0.146. The highest BCUT2D eigenvalue weighted by Gasteiger charge is 2.30. The van der Waals surface area contributed by atoms with E-state index >= 15 is 0 Å². The molecule has 1 saturated heterocycles. The van der Waals surface area contributed by atoms with Crippen molar-refractivity contribution in [1.82, 2.24) is 5.32 Å². The number of rotatable bonds is 5. The van der Waals surface area contributed by atoms with Crippen LogP contribution in [0.3, 0.4) is 0 Å². The number of hydrogen-bond donors (Lipinski definition) is 1. The zero-order chi connectivity index (χ0) is 13.8. The monoisotopic (exact) mass is 277 g/mol. The van der Waals surface area contributed by atoms with Crippen molar-refractivity contribution < 1.29 is 22.7 Å². The smallest absolute Gasteiger partial charge is 0.328 e. The number of esters is 1. The van der Waals surface area contributed by atoms with E-state index in [0.29, 0.717) is 6.42 Å². The van der Waals surface area contributed by atoms with Crippen LogP contribution in [0, 0.1) is 5.92 Å². The van der Waals surface area contributed by atoms with Crippen molar-refractivity contribution in [3.63, 3.8) is 0 Å². The fraction of sp³-hybridized carbons (Fsp3) is 0.818. The van der Waals surface area contributed by atoms with E-state index in [2.05, 4.69) is 5.32 Å². The first-order chi connectivity index (χ1) is 8.34. The molecule has 2 unspecified atom stereocenters. The summed E-state index contributed by atoms with van der Waals surface area (Å²) >= 11 is 0. The Bertz CT molecular complexity index is 417. The summed E-state index contributed by atoms with van der Waals surface area (Å²) in [6.45, 7) is 3.50. The molecule has 0 aromatic carbocycles. The molecule has 1 N–H and O–H groups in total. The summed E-state index contributed by atoms with van der Waals surface area (Å²) in [6.07, 6.45) is 0.659. The van der Waals surface area contributed by atoms with Gasteiger partial charge in [0.2, 0.25) is 5.91 Å². The van der Waals surface area contributed by atoms with Crippen molar-refractivity contribution >= 4 is 21.7 Å². The van der Waals surface area contributed by atoms with Gasteiger partial charge >= 0.3 is 5.97 Å². The third-order valence-corrected chi connectivity index (χ3v) is 4.66. The second-order valence-electron chi connectivity index (χ2n) is 4.51. The maximum Gasteiger partial charge on any atom is 0.328 e. The highest BCUT2D eigenvalue weighted by molar-refractivity contribution is 7.91. The first-order valence-corrected chi connectivity index (χ1v) is 7.82. The van der Waals surface area contributed by atoms with Crippen molar-refractivity contribution in [3.8, 4) is 0 Å². The number of hydrogen-bond acceptors (Lipinski definition) is 5. The van der Waals surface area contributed by atoms with Crippen LogP contribution in [0.25, 0.3) is 0 Å². The summed E-state index contributed by atoms with van der Waals surface area (Å²) in [4.78, 5) is 22.9. The van der Waals surface area contributed by atoms with E-state index in [9.17, 15) is 18.0 Å². The molecule has 1 heterocycles. The maximum atomic E-state index is 11.6. The van der Waals surface area contributed by atoms with Crippen LogP contribution in [0.2, 0.25) is 0 Å². The minimum Gasteiger partial charge on any atom is -0.464 e. The second-order valence-corrected chi connectivity index (χ2v) is 6.74. The molecule has 2 atom stereocenters. The predicted molar refractivity (Wildman–Crippen MR) is 65.6 cm³/mol. The van der Waals surface area contributed by atoms with Crippen molar-refractivity contribution in [2.45, 2.75) is 32.7 Å². The highest BCUT2D eigenvalue weighted by Crippen LogP contribution is 2.21. The molecule has 1 aliphatic rings. The van der Waals surface area contributed by atoms with E-state index in [1.54, 1.807) is 13.8 Å². The Kier molecular flexibility index (Phi) is 5.13. The molecular formula is C11H19NO5S. The lowest BCUT2D eigenvalue weighted by Crippen LogP contribution is -2.40. The van der Waals surface area contributed by atoms with Crippen molar-refractivity contribution in [3.05, 3.63) is 0 Å². The normalized spacial score (nSPS) is 23.3. The van der Waals surface area contributed by atoms with Crippen LogP contribution in [0.4, 0.5) is 0 Å². The van der Waals surface area contributed by atoms with Gasteiger partial charge in [-0.3, -0.25) is 4.79 Å². The molecule has 0 aromatic heterocycles. The summed E-state index contributed by atoms with van der Waals surface area (Å²) in [5.74, 6) is -0.709. The van der Waals surface area contributed by atoms with Gasteiger partial charge in [0.1, 0.15) is 6.04 Å². The molecule has 0 bridgehead atoms. The molecule has 0 radical (unpaired) electrons. The van der Waals surface area contributed by atoms with Gasteiger partial charge in [0.05, 0.1) is 18.1 Å². The number of sulfone groups is 1. The summed E-state index contributed by atoms with van der Waals surface area (Å²) in [5.41, 5.74) is 0. The average molecular weight is 277 g/mol. The largest absolute Gasteiger partial charge is 0.464 e. The molecule has 1 rings (SSSR count). The SMILES string of the molecule is CCOC(=O)C(C)NC(=O)CC1CCS(=O)(=O)C1. The molecule has 1 amide bonds. The topological polar surface area (TPSA) is 89.5 Å². The van der Waals surface area contributed by atoms with Gasteiger partial charge in [-0.2, -0.15) is 0 Å². The second kappa shape index (κ2) is 6.17. The van der Waals surface area contributed by atoms with Crippen LogP contribution < -0.4 is 5.32 Å². The maximum absolute atomic E-state index is 11.6. The van der Waals surface area contributed by atoms with Crippen LogP contribution in [0.5, 0.6) is 0 Å². The summed E-state index contributed by atoms with van der Waals surface area (Å²) in [6, 6.07) is -0.699. The van der Waals surface area contributed by atoms with Gasteiger partial charge in [-0.05, 0) is 26.2 Å². The Morgan fingerprint density at radius 1 is 1.44 bits per heavy atom. The van der Waals surface area contributed by atoms with Crippen molar-refractivity contribution in [1.29, 1.82) is 0 Å². The Morgan fingerprint density at radius 2 is 2.11 bits per heavy atom. The van der Waals surface area contributed by atoms with Gasteiger partial charge in [0.15, 0.2) is 9.84 Å². The Morgan fingerprint density at radius 3 is 2.61 bits per heavy atom. The third kappa shape index (κ3) is 4.64. The van der Waals surface area contributed by atoms with Crippen molar-refractivity contribution in [2.24, 2.45) is 5.92 Å². The summed E-state index contributed by atoms with van der Waals surface area (Å²) in [5, 5.41) is 2.51. The van der Waals surface area contributed by atoms with E-state index in [1.807, 2.05) is 0 Å². The molecule has 7 heteroatoms. The van der Waals surface area contributed by atoms with Gasteiger partial charge in [0.25, 0.3) is 0 Å². The van der Waals surface area contributed by atoms with Crippen LogP contribution in [-0.2, 0) is 24.2 Å². The molecule has 1 fully saturated rings.